The third-order valence-electron chi connectivity index (χ3n) is 3.24. The number of carbonyl (C=O) groups excluding carboxylic acids is 2. The third kappa shape index (κ3) is 2.90. The zero-order valence-electron chi connectivity index (χ0n) is 12.4. The standard InChI is InChI=1S/C15H13N3O3S2/c1-18-8-16-6-10(18)13(19)17-14-12(15(20)21-2)9(7-23-14)11-4-3-5-22-11/h3-8H,1-2H3,(H,17,19). The Morgan fingerprint density at radius 3 is 2.78 bits per heavy atom. The van der Waals surface area contributed by atoms with Crippen molar-refractivity contribution >= 4 is 39.6 Å². The van der Waals surface area contributed by atoms with Crippen molar-refractivity contribution in [1.29, 1.82) is 0 Å². The Labute approximate surface area is 140 Å². The summed E-state index contributed by atoms with van der Waals surface area (Å²) in [5.41, 5.74) is 1.54. The van der Waals surface area contributed by atoms with E-state index in [1.807, 2.05) is 22.9 Å². The first-order valence-corrected chi connectivity index (χ1v) is 8.39. The first kappa shape index (κ1) is 15.4. The van der Waals surface area contributed by atoms with E-state index in [0.717, 1.165) is 10.4 Å². The van der Waals surface area contributed by atoms with E-state index in [1.165, 1.54) is 36.0 Å². The van der Waals surface area contributed by atoms with Gasteiger partial charge in [-0.2, -0.15) is 0 Å². The predicted octanol–water partition coefficient (Wildman–Crippen LogP) is 3.25. The van der Waals surface area contributed by atoms with Crippen molar-refractivity contribution in [2.75, 3.05) is 12.4 Å². The number of hydrogen-bond acceptors (Lipinski definition) is 6. The van der Waals surface area contributed by atoms with Gasteiger partial charge in [0.15, 0.2) is 0 Å². The molecule has 23 heavy (non-hydrogen) atoms. The average molecular weight is 347 g/mol. The van der Waals surface area contributed by atoms with Crippen LogP contribution < -0.4 is 5.32 Å². The van der Waals surface area contributed by atoms with Crippen LogP contribution in [-0.2, 0) is 11.8 Å². The largest absolute Gasteiger partial charge is 0.465 e. The molecular weight excluding hydrogens is 334 g/mol. The highest BCUT2D eigenvalue weighted by atomic mass is 32.1. The van der Waals surface area contributed by atoms with Gasteiger partial charge in [-0.3, -0.25) is 4.79 Å². The number of aryl methyl sites for hydroxylation is 1. The van der Waals surface area contributed by atoms with Crippen molar-refractivity contribution in [1.82, 2.24) is 9.55 Å². The molecule has 1 N–H and O–H groups in total. The first-order valence-electron chi connectivity index (χ1n) is 6.63. The van der Waals surface area contributed by atoms with Crippen LogP contribution in [0, 0.1) is 0 Å². The second-order valence-electron chi connectivity index (χ2n) is 4.67. The van der Waals surface area contributed by atoms with Gasteiger partial charge in [0, 0.05) is 22.9 Å². The molecule has 0 atom stereocenters. The molecule has 3 aromatic rings. The highest BCUT2D eigenvalue weighted by Gasteiger charge is 2.23. The van der Waals surface area contributed by atoms with Crippen LogP contribution in [0.2, 0.25) is 0 Å². The van der Waals surface area contributed by atoms with E-state index in [2.05, 4.69) is 10.3 Å². The zero-order chi connectivity index (χ0) is 16.4. The first-order chi connectivity index (χ1) is 11.1. The van der Waals surface area contributed by atoms with Gasteiger partial charge in [-0.15, -0.1) is 22.7 Å². The molecule has 0 bridgehead atoms. The minimum Gasteiger partial charge on any atom is -0.465 e. The number of esters is 1. The highest BCUT2D eigenvalue weighted by Crippen LogP contribution is 2.38. The Balaban J connectivity index is 1.98. The molecule has 3 heterocycles. The van der Waals surface area contributed by atoms with E-state index in [1.54, 1.807) is 17.9 Å². The Morgan fingerprint density at radius 1 is 1.35 bits per heavy atom. The van der Waals surface area contributed by atoms with Crippen molar-refractivity contribution in [2.24, 2.45) is 7.05 Å². The molecule has 0 aromatic carbocycles. The summed E-state index contributed by atoms with van der Waals surface area (Å²) in [5, 5.41) is 7.01. The van der Waals surface area contributed by atoms with Crippen molar-refractivity contribution in [2.45, 2.75) is 0 Å². The molecule has 0 saturated heterocycles. The Bertz CT molecular complexity index is 849. The topological polar surface area (TPSA) is 73.2 Å². The normalized spacial score (nSPS) is 10.5. The molecule has 0 unspecified atom stereocenters. The van der Waals surface area contributed by atoms with Gasteiger partial charge in [0.25, 0.3) is 5.91 Å². The molecule has 8 heteroatoms. The number of nitrogens with zero attached hydrogens (tertiary/aromatic N) is 2. The second-order valence-corrected chi connectivity index (χ2v) is 6.49. The number of anilines is 1. The number of aromatic nitrogens is 2. The van der Waals surface area contributed by atoms with Crippen LogP contribution in [0.5, 0.6) is 0 Å². The Hall–Kier alpha value is -2.45. The van der Waals surface area contributed by atoms with E-state index >= 15 is 0 Å². The smallest absolute Gasteiger partial charge is 0.341 e. The summed E-state index contributed by atoms with van der Waals surface area (Å²) < 4.78 is 6.49. The molecule has 0 aliphatic rings. The maximum Gasteiger partial charge on any atom is 0.341 e. The summed E-state index contributed by atoms with van der Waals surface area (Å²) in [6.45, 7) is 0. The molecule has 0 spiro atoms. The van der Waals surface area contributed by atoms with Gasteiger partial charge in [-0.05, 0) is 11.4 Å². The van der Waals surface area contributed by atoms with Crippen molar-refractivity contribution in [3.63, 3.8) is 0 Å². The zero-order valence-corrected chi connectivity index (χ0v) is 14.0. The van der Waals surface area contributed by atoms with E-state index < -0.39 is 5.97 Å². The average Bonchev–Trinajstić information content (AvgIpc) is 3.25. The van der Waals surface area contributed by atoms with Crippen molar-refractivity contribution < 1.29 is 14.3 Å². The van der Waals surface area contributed by atoms with Crippen LogP contribution in [0.1, 0.15) is 20.8 Å². The van der Waals surface area contributed by atoms with Gasteiger partial charge in [-0.1, -0.05) is 6.07 Å². The SMILES string of the molecule is COC(=O)c1c(-c2cccs2)csc1NC(=O)c1cncn1C. The minimum absolute atomic E-state index is 0.324. The number of ether oxygens (including phenoxy) is 1. The van der Waals surface area contributed by atoms with Gasteiger partial charge >= 0.3 is 5.97 Å². The number of thiophene rings is 2. The monoisotopic (exact) mass is 347 g/mol. The molecule has 0 fully saturated rings. The number of hydrogen-bond donors (Lipinski definition) is 1. The summed E-state index contributed by atoms with van der Waals surface area (Å²) in [6, 6.07) is 3.83. The van der Waals surface area contributed by atoms with Gasteiger partial charge in [0.1, 0.15) is 16.3 Å². The van der Waals surface area contributed by atoms with E-state index in [0.29, 0.717) is 16.3 Å². The fraction of sp³-hybridized carbons (Fsp3) is 0.133. The summed E-state index contributed by atoms with van der Waals surface area (Å²) in [7, 11) is 3.06. The summed E-state index contributed by atoms with van der Waals surface area (Å²) in [4.78, 5) is 29.4. The number of rotatable bonds is 4. The van der Waals surface area contributed by atoms with E-state index in [-0.39, 0.29) is 5.91 Å². The fourth-order valence-corrected chi connectivity index (χ4v) is 3.88. The molecule has 3 aromatic heterocycles. The Kier molecular flexibility index (Phi) is 4.26. The quantitative estimate of drug-likeness (QED) is 0.735. The molecular formula is C15H13N3O3S2. The molecule has 0 radical (unpaired) electrons. The Morgan fingerprint density at radius 2 is 2.17 bits per heavy atom. The molecule has 118 valence electrons. The van der Waals surface area contributed by atoms with Crippen molar-refractivity contribution in [3.8, 4) is 10.4 Å². The van der Waals surface area contributed by atoms with Crippen LogP contribution in [0.4, 0.5) is 5.00 Å². The van der Waals surface area contributed by atoms with E-state index in [4.69, 9.17) is 4.74 Å². The number of methoxy groups -OCH3 is 1. The molecule has 0 saturated carbocycles. The van der Waals surface area contributed by atoms with Gasteiger partial charge in [0.05, 0.1) is 19.6 Å². The van der Waals surface area contributed by atoms with Crippen LogP contribution in [-0.4, -0.2) is 28.5 Å². The molecule has 3 rings (SSSR count). The van der Waals surface area contributed by atoms with Gasteiger partial charge in [0.2, 0.25) is 0 Å². The summed E-state index contributed by atoms with van der Waals surface area (Å²) in [5.74, 6) is -0.801. The summed E-state index contributed by atoms with van der Waals surface area (Å²) in [6.07, 6.45) is 3.02. The number of carbonyl (C=O) groups is 2. The van der Waals surface area contributed by atoms with Crippen LogP contribution in [0.15, 0.2) is 35.4 Å². The number of nitrogens with one attached hydrogen (secondary N) is 1. The van der Waals surface area contributed by atoms with Gasteiger partial charge in [-0.25, -0.2) is 9.78 Å². The van der Waals surface area contributed by atoms with Crippen LogP contribution >= 0.6 is 22.7 Å². The summed E-state index contributed by atoms with van der Waals surface area (Å²) >= 11 is 2.82. The number of imidazole rings is 1. The fourth-order valence-electron chi connectivity index (χ4n) is 2.11. The highest BCUT2D eigenvalue weighted by molar-refractivity contribution is 7.17. The third-order valence-corrected chi connectivity index (χ3v) is 5.04. The maximum atomic E-state index is 12.3. The second kappa shape index (κ2) is 6.35. The number of amides is 1. The maximum absolute atomic E-state index is 12.3. The molecule has 0 aliphatic heterocycles. The van der Waals surface area contributed by atoms with E-state index in [9.17, 15) is 9.59 Å². The lowest BCUT2D eigenvalue weighted by molar-refractivity contribution is 0.0603. The van der Waals surface area contributed by atoms with Gasteiger partial charge < -0.3 is 14.6 Å². The predicted molar refractivity (Wildman–Crippen MR) is 90.1 cm³/mol. The lowest BCUT2D eigenvalue weighted by Crippen LogP contribution is -2.16. The lowest BCUT2D eigenvalue weighted by Gasteiger charge is -2.07. The van der Waals surface area contributed by atoms with Crippen LogP contribution in [0.3, 0.4) is 0 Å². The van der Waals surface area contributed by atoms with Crippen LogP contribution in [0.25, 0.3) is 10.4 Å². The van der Waals surface area contributed by atoms with Crippen molar-refractivity contribution in [3.05, 3.63) is 46.7 Å². The molecule has 1 amide bonds. The minimum atomic E-state index is -0.477. The lowest BCUT2D eigenvalue weighted by atomic mass is 10.1. The molecule has 6 nitrogen and oxygen atoms in total. The molecule has 0 aliphatic carbocycles.